The van der Waals surface area contributed by atoms with Crippen LogP contribution in [0, 0.1) is 32.1 Å². The van der Waals surface area contributed by atoms with Crippen LogP contribution < -0.4 is 0 Å². The number of nitrogens with zero attached hydrogens (tertiary/aromatic N) is 3. The number of benzene rings is 1. The zero-order chi connectivity index (χ0) is 12.4. The zero-order valence-electron chi connectivity index (χ0n) is 10.4. The van der Waals surface area contributed by atoms with Crippen LogP contribution in [0.25, 0.3) is 5.69 Å². The molecule has 0 saturated carbocycles. The third-order valence-electron chi connectivity index (χ3n) is 2.88. The van der Waals surface area contributed by atoms with E-state index in [1.165, 1.54) is 11.1 Å². The van der Waals surface area contributed by atoms with Crippen molar-refractivity contribution >= 4 is 0 Å². The molecule has 2 rings (SSSR count). The Kier molecular flexibility index (Phi) is 2.97. The van der Waals surface area contributed by atoms with Gasteiger partial charge >= 0.3 is 0 Å². The highest BCUT2D eigenvalue weighted by atomic mass is 15.3. The maximum absolute atomic E-state index is 8.74. The van der Waals surface area contributed by atoms with Crippen LogP contribution >= 0.6 is 0 Å². The molecule has 1 aromatic carbocycles. The summed E-state index contributed by atoms with van der Waals surface area (Å²) in [5, 5.41) is 13.2. The van der Waals surface area contributed by atoms with E-state index in [2.05, 4.69) is 43.2 Å². The highest BCUT2D eigenvalue weighted by molar-refractivity contribution is 5.43. The predicted octanol–water partition coefficient (Wildman–Crippen LogP) is 2.86. The second-order valence-corrected chi connectivity index (χ2v) is 4.31. The molecule has 17 heavy (non-hydrogen) atoms. The van der Waals surface area contributed by atoms with Gasteiger partial charge in [0.1, 0.15) is 0 Å². The van der Waals surface area contributed by atoms with Crippen LogP contribution in [0.2, 0.25) is 0 Å². The fraction of sp³-hybridized carbons (Fsp3) is 0.286. The van der Waals surface area contributed by atoms with E-state index in [-0.39, 0.29) is 0 Å². The van der Waals surface area contributed by atoms with Gasteiger partial charge in [-0.15, -0.1) is 0 Å². The van der Waals surface area contributed by atoms with Crippen LogP contribution in [-0.2, 0) is 6.42 Å². The van der Waals surface area contributed by atoms with Gasteiger partial charge in [-0.05, 0) is 38.0 Å². The normalized spacial score (nSPS) is 10.2. The van der Waals surface area contributed by atoms with Gasteiger partial charge in [-0.25, -0.2) is 4.68 Å². The highest BCUT2D eigenvalue weighted by Crippen LogP contribution is 2.17. The number of hydrogen-bond acceptors (Lipinski definition) is 2. The Hall–Kier alpha value is -2.08. The van der Waals surface area contributed by atoms with E-state index in [9.17, 15) is 0 Å². The Balaban J connectivity index is 2.50. The van der Waals surface area contributed by atoms with Crippen LogP contribution in [0.15, 0.2) is 24.4 Å². The molecular formula is C14H15N3. The molecule has 0 saturated heterocycles. The molecule has 0 fully saturated rings. The Morgan fingerprint density at radius 1 is 1.29 bits per heavy atom. The number of hydrogen-bond donors (Lipinski definition) is 0. The third-order valence-corrected chi connectivity index (χ3v) is 2.88. The van der Waals surface area contributed by atoms with Crippen molar-refractivity contribution in [3.8, 4) is 11.8 Å². The summed E-state index contributed by atoms with van der Waals surface area (Å²) in [6, 6.07) is 8.45. The fourth-order valence-corrected chi connectivity index (χ4v) is 1.84. The molecule has 0 atom stereocenters. The van der Waals surface area contributed by atoms with Gasteiger partial charge in [-0.2, -0.15) is 10.4 Å². The van der Waals surface area contributed by atoms with Gasteiger partial charge in [0.25, 0.3) is 0 Å². The average Bonchev–Trinajstić information content (AvgIpc) is 2.64. The summed E-state index contributed by atoms with van der Waals surface area (Å²) in [5.41, 5.74) is 5.39. The van der Waals surface area contributed by atoms with E-state index < -0.39 is 0 Å². The Morgan fingerprint density at radius 2 is 2.06 bits per heavy atom. The molecule has 3 nitrogen and oxygen atoms in total. The smallest absolute Gasteiger partial charge is 0.0677 e. The number of aromatic nitrogens is 2. The van der Waals surface area contributed by atoms with Crippen molar-refractivity contribution in [2.45, 2.75) is 27.2 Å². The van der Waals surface area contributed by atoms with E-state index >= 15 is 0 Å². The fourth-order valence-electron chi connectivity index (χ4n) is 1.84. The molecule has 0 spiro atoms. The van der Waals surface area contributed by atoms with Gasteiger partial charge in [0.05, 0.1) is 23.9 Å². The van der Waals surface area contributed by atoms with E-state index in [0.717, 1.165) is 16.9 Å². The molecule has 0 aliphatic carbocycles. The molecule has 0 N–H and O–H groups in total. The van der Waals surface area contributed by atoms with E-state index in [1.807, 2.05) is 17.8 Å². The van der Waals surface area contributed by atoms with Crippen molar-refractivity contribution in [1.29, 1.82) is 5.26 Å². The van der Waals surface area contributed by atoms with Gasteiger partial charge in [-0.1, -0.05) is 12.1 Å². The highest BCUT2D eigenvalue weighted by Gasteiger charge is 2.07. The van der Waals surface area contributed by atoms with Crippen molar-refractivity contribution in [2.24, 2.45) is 0 Å². The van der Waals surface area contributed by atoms with Crippen LogP contribution in [0.3, 0.4) is 0 Å². The minimum absolute atomic E-state index is 0.413. The summed E-state index contributed by atoms with van der Waals surface area (Å²) in [5.74, 6) is 0. The van der Waals surface area contributed by atoms with Crippen LogP contribution in [-0.4, -0.2) is 9.78 Å². The largest absolute Gasteiger partial charge is 0.240 e. The molecule has 1 aromatic heterocycles. The summed E-state index contributed by atoms with van der Waals surface area (Å²) in [6.07, 6.45) is 2.36. The summed E-state index contributed by atoms with van der Waals surface area (Å²) in [7, 11) is 0. The van der Waals surface area contributed by atoms with Gasteiger partial charge in [0.2, 0.25) is 0 Å². The van der Waals surface area contributed by atoms with Crippen molar-refractivity contribution in [2.75, 3.05) is 0 Å². The molecular weight excluding hydrogens is 210 g/mol. The minimum atomic E-state index is 0.413. The summed E-state index contributed by atoms with van der Waals surface area (Å²) in [6.45, 7) is 6.07. The lowest BCUT2D eigenvalue weighted by molar-refractivity contribution is 0.854. The van der Waals surface area contributed by atoms with Crippen LogP contribution in [0.4, 0.5) is 0 Å². The third kappa shape index (κ3) is 2.21. The van der Waals surface area contributed by atoms with E-state index in [4.69, 9.17) is 5.26 Å². The van der Waals surface area contributed by atoms with Gasteiger partial charge in [-0.3, -0.25) is 0 Å². The van der Waals surface area contributed by atoms with Crippen molar-refractivity contribution in [3.05, 3.63) is 46.8 Å². The number of nitriles is 1. The Bertz CT molecular complexity index is 588. The molecule has 0 aliphatic rings. The molecule has 86 valence electrons. The average molecular weight is 225 g/mol. The van der Waals surface area contributed by atoms with Gasteiger partial charge < -0.3 is 0 Å². The molecule has 0 bridgehead atoms. The quantitative estimate of drug-likeness (QED) is 0.788. The Labute approximate surface area is 101 Å². The molecule has 2 aromatic rings. The number of aryl methyl sites for hydroxylation is 3. The topological polar surface area (TPSA) is 41.6 Å². The lowest BCUT2D eigenvalue weighted by atomic mass is 10.1. The molecule has 3 heteroatoms. The first-order chi connectivity index (χ1) is 8.11. The molecule has 1 heterocycles. The van der Waals surface area contributed by atoms with E-state index in [0.29, 0.717) is 6.42 Å². The van der Waals surface area contributed by atoms with Crippen LogP contribution in [0.5, 0.6) is 0 Å². The minimum Gasteiger partial charge on any atom is -0.240 e. The van der Waals surface area contributed by atoms with Crippen LogP contribution in [0.1, 0.15) is 22.4 Å². The molecule has 0 aliphatic heterocycles. The first kappa shape index (κ1) is 11.4. The molecule has 0 unspecified atom stereocenters. The van der Waals surface area contributed by atoms with Crippen molar-refractivity contribution in [1.82, 2.24) is 9.78 Å². The monoisotopic (exact) mass is 225 g/mol. The second kappa shape index (κ2) is 4.42. The predicted molar refractivity (Wildman–Crippen MR) is 67.1 cm³/mol. The Morgan fingerprint density at radius 3 is 2.76 bits per heavy atom. The first-order valence-corrected chi connectivity index (χ1v) is 5.61. The standard InChI is InChI=1S/C14H15N3/c1-10-4-5-11(2)14(8-10)17-9-13(6-7-15)12(3)16-17/h4-5,8-9H,6H2,1-3H3. The maximum atomic E-state index is 8.74. The van der Waals surface area contributed by atoms with Crippen molar-refractivity contribution in [3.63, 3.8) is 0 Å². The second-order valence-electron chi connectivity index (χ2n) is 4.31. The van der Waals surface area contributed by atoms with Crippen molar-refractivity contribution < 1.29 is 0 Å². The van der Waals surface area contributed by atoms with Gasteiger partial charge in [0.15, 0.2) is 0 Å². The summed E-state index contributed by atoms with van der Waals surface area (Å²) in [4.78, 5) is 0. The molecule has 0 radical (unpaired) electrons. The lowest BCUT2D eigenvalue weighted by Gasteiger charge is -2.06. The summed E-state index contributed by atoms with van der Waals surface area (Å²) < 4.78 is 1.87. The molecule has 0 amide bonds. The lowest BCUT2D eigenvalue weighted by Crippen LogP contribution is -1.98. The first-order valence-electron chi connectivity index (χ1n) is 5.61. The maximum Gasteiger partial charge on any atom is 0.0677 e. The number of rotatable bonds is 2. The van der Waals surface area contributed by atoms with E-state index in [1.54, 1.807) is 0 Å². The van der Waals surface area contributed by atoms with Gasteiger partial charge in [0, 0.05) is 11.8 Å². The zero-order valence-corrected chi connectivity index (χ0v) is 10.4. The summed E-state index contributed by atoms with van der Waals surface area (Å²) >= 11 is 0. The SMILES string of the molecule is Cc1ccc(C)c(-n2cc(CC#N)c(C)n2)c1.